The number of rotatable bonds is 7. The van der Waals surface area contributed by atoms with Crippen LogP contribution in [0.5, 0.6) is 5.75 Å². The number of nitrogens with one attached hydrogen (secondary N) is 1. The summed E-state index contributed by atoms with van der Waals surface area (Å²) in [5, 5.41) is 3.07. The summed E-state index contributed by atoms with van der Waals surface area (Å²) in [5.74, 6) is -0.0105. The maximum atomic E-state index is 14.3. The fourth-order valence-electron chi connectivity index (χ4n) is 3.30. The van der Waals surface area contributed by atoms with E-state index in [9.17, 15) is 12.8 Å². The molecule has 2 atom stereocenters. The summed E-state index contributed by atoms with van der Waals surface area (Å²) in [6.07, 6.45) is 1.71. The maximum absolute atomic E-state index is 14.3. The molecule has 2 heterocycles. The van der Waals surface area contributed by atoms with Crippen LogP contribution in [0.25, 0.3) is 0 Å². The Labute approximate surface area is 148 Å². The van der Waals surface area contributed by atoms with E-state index in [1.165, 1.54) is 16.4 Å². The van der Waals surface area contributed by atoms with E-state index < -0.39 is 15.8 Å². The molecule has 2 unspecified atom stereocenters. The summed E-state index contributed by atoms with van der Waals surface area (Å²) in [6.45, 7) is 3.41. The van der Waals surface area contributed by atoms with Gasteiger partial charge in [0.25, 0.3) is 0 Å². The second-order valence-corrected chi connectivity index (χ2v) is 8.65. The molecule has 0 amide bonds. The molecule has 8 heteroatoms. The van der Waals surface area contributed by atoms with Gasteiger partial charge in [-0.3, -0.25) is 0 Å². The first-order chi connectivity index (χ1) is 12.0. The summed E-state index contributed by atoms with van der Waals surface area (Å²) >= 11 is 0. The number of hydrogen-bond donors (Lipinski definition) is 1. The Morgan fingerprint density at radius 2 is 2.20 bits per heavy atom. The Bertz CT molecular complexity index is 692. The molecule has 0 aliphatic carbocycles. The second-order valence-electron chi connectivity index (χ2n) is 6.71. The molecule has 1 N–H and O–H groups in total. The molecule has 140 valence electrons. The van der Waals surface area contributed by atoms with E-state index >= 15 is 0 Å². The van der Waals surface area contributed by atoms with Crippen molar-refractivity contribution < 1.29 is 22.3 Å². The van der Waals surface area contributed by atoms with E-state index in [-0.39, 0.29) is 16.6 Å². The number of hydrogen-bond acceptors (Lipinski definition) is 5. The Hall–Kier alpha value is -1.22. The Morgan fingerprint density at radius 1 is 1.36 bits per heavy atom. The predicted molar refractivity (Wildman–Crippen MR) is 91.6 cm³/mol. The van der Waals surface area contributed by atoms with Crippen molar-refractivity contribution in [2.45, 2.75) is 17.7 Å². The molecule has 2 aliphatic heterocycles. The van der Waals surface area contributed by atoms with Crippen LogP contribution in [0.3, 0.4) is 0 Å². The lowest BCUT2D eigenvalue weighted by atomic mass is 10.1. The Kier molecular flexibility index (Phi) is 5.93. The van der Waals surface area contributed by atoms with E-state index in [2.05, 4.69) is 5.32 Å². The molecule has 2 fully saturated rings. The third kappa shape index (κ3) is 4.31. The largest absolute Gasteiger partial charge is 0.490 e. The van der Waals surface area contributed by atoms with Gasteiger partial charge >= 0.3 is 0 Å². The van der Waals surface area contributed by atoms with E-state index in [1.54, 1.807) is 0 Å². The molecule has 25 heavy (non-hydrogen) atoms. The molecule has 2 aliphatic rings. The van der Waals surface area contributed by atoms with Gasteiger partial charge < -0.3 is 14.8 Å². The first-order valence-corrected chi connectivity index (χ1v) is 10.1. The molecule has 0 saturated carbocycles. The van der Waals surface area contributed by atoms with Crippen LogP contribution in [-0.2, 0) is 14.8 Å². The van der Waals surface area contributed by atoms with Gasteiger partial charge in [0, 0.05) is 25.6 Å². The number of ether oxygens (including phenoxy) is 2. The van der Waals surface area contributed by atoms with Crippen molar-refractivity contribution in [3.05, 3.63) is 24.0 Å². The molecule has 6 nitrogen and oxygen atoms in total. The SMILES string of the molecule is CNCC1CCN(S(=O)(=O)c2ccc(OCC3CCOC3)c(F)c2)C1. The van der Waals surface area contributed by atoms with Crippen molar-refractivity contribution in [1.29, 1.82) is 0 Å². The van der Waals surface area contributed by atoms with Crippen LogP contribution in [0, 0.1) is 17.7 Å². The minimum Gasteiger partial charge on any atom is -0.490 e. The highest BCUT2D eigenvalue weighted by Gasteiger charge is 2.32. The highest BCUT2D eigenvalue weighted by atomic mass is 32.2. The average molecular weight is 372 g/mol. The predicted octanol–water partition coefficient (Wildman–Crippen LogP) is 1.47. The van der Waals surface area contributed by atoms with Crippen LogP contribution in [0.15, 0.2) is 23.1 Å². The van der Waals surface area contributed by atoms with Crippen LogP contribution < -0.4 is 10.1 Å². The van der Waals surface area contributed by atoms with Gasteiger partial charge in [-0.2, -0.15) is 4.31 Å². The summed E-state index contributed by atoms with van der Waals surface area (Å²) in [7, 11) is -1.82. The number of nitrogens with zero attached hydrogens (tertiary/aromatic N) is 1. The maximum Gasteiger partial charge on any atom is 0.243 e. The molecular weight excluding hydrogens is 347 g/mol. The topological polar surface area (TPSA) is 67.9 Å². The minimum atomic E-state index is -3.67. The third-order valence-electron chi connectivity index (χ3n) is 4.78. The van der Waals surface area contributed by atoms with Gasteiger partial charge in [-0.05, 0) is 50.6 Å². The highest BCUT2D eigenvalue weighted by Crippen LogP contribution is 2.27. The fraction of sp³-hybridized carbons (Fsp3) is 0.647. The van der Waals surface area contributed by atoms with Crippen LogP contribution in [-0.4, -0.2) is 59.2 Å². The van der Waals surface area contributed by atoms with E-state index in [1.807, 2.05) is 7.05 Å². The van der Waals surface area contributed by atoms with E-state index in [0.29, 0.717) is 38.8 Å². The third-order valence-corrected chi connectivity index (χ3v) is 6.64. The lowest BCUT2D eigenvalue weighted by Crippen LogP contribution is -2.30. The van der Waals surface area contributed by atoms with Crippen LogP contribution >= 0.6 is 0 Å². The summed E-state index contributed by atoms with van der Waals surface area (Å²) in [5.41, 5.74) is 0. The monoisotopic (exact) mass is 372 g/mol. The average Bonchev–Trinajstić information content (AvgIpc) is 3.26. The van der Waals surface area contributed by atoms with Crippen molar-refractivity contribution in [1.82, 2.24) is 9.62 Å². The Morgan fingerprint density at radius 3 is 2.88 bits per heavy atom. The first-order valence-electron chi connectivity index (χ1n) is 8.65. The standard InChI is InChI=1S/C17H25FN2O4S/c1-19-9-13-4-6-20(10-13)25(21,22)15-2-3-17(16(18)8-15)24-12-14-5-7-23-11-14/h2-3,8,13-14,19H,4-7,9-12H2,1H3. The number of sulfonamides is 1. The van der Waals surface area contributed by atoms with Crippen LogP contribution in [0.1, 0.15) is 12.8 Å². The zero-order valence-electron chi connectivity index (χ0n) is 14.4. The van der Waals surface area contributed by atoms with Crippen molar-refractivity contribution in [2.75, 3.05) is 46.5 Å². The molecule has 2 saturated heterocycles. The molecular formula is C17H25FN2O4S. The zero-order valence-corrected chi connectivity index (χ0v) is 15.2. The van der Waals surface area contributed by atoms with Gasteiger partial charge in [0.2, 0.25) is 10.0 Å². The fourth-order valence-corrected chi connectivity index (χ4v) is 4.84. The van der Waals surface area contributed by atoms with E-state index in [4.69, 9.17) is 9.47 Å². The number of benzene rings is 1. The van der Waals surface area contributed by atoms with Crippen molar-refractivity contribution >= 4 is 10.0 Å². The smallest absolute Gasteiger partial charge is 0.243 e. The zero-order chi connectivity index (χ0) is 17.9. The molecule has 1 aromatic carbocycles. The van der Waals surface area contributed by atoms with Crippen molar-refractivity contribution in [3.63, 3.8) is 0 Å². The summed E-state index contributed by atoms with van der Waals surface area (Å²) in [4.78, 5) is -0.0216. The Balaban J connectivity index is 1.66. The van der Waals surface area contributed by atoms with Crippen LogP contribution in [0.4, 0.5) is 4.39 Å². The van der Waals surface area contributed by atoms with Gasteiger partial charge in [0.1, 0.15) is 0 Å². The molecule has 0 spiro atoms. The van der Waals surface area contributed by atoms with Crippen molar-refractivity contribution in [3.8, 4) is 5.75 Å². The molecule has 1 aromatic rings. The summed E-state index contributed by atoms with van der Waals surface area (Å²) in [6, 6.07) is 3.88. The quantitative estimate of drug-likeness (QED) is 0.785. The van der Waals surface area contributed by atoms with Gasteiger partial charge in [-0.1, -0.05) is 0 Å². The van der Waals surface area contributed by atoms with Crippen LogP contribution in [0.2, 0.25) is 0 Å². The first kappa shape index (κ1) is 18.6. The molecule has 0 bridgehead atoms. The molecule has 3 rings (SSSR count). The summed E-state index contributed by atoms with van der Waals surface area (Å²) < 4.78 is 51.9. The van der Waals surface area contributed by atoms with Gasteiger partial charge in [0.05, 0.1) is 18.1 Å². The molecule has 0 radical (unpaired) electrons. The normalized spacial score (nSPS) is 24.7. The van der Waals surface area contributed by atoms with Gasteiger partial charge in [0.15, 0.2) is 11.6 Å². The second kappa shape index (κ2) is 7.99. The highest BCUT2D eigenvalue weighted by molar-refractivity contribution is 7.89. The lowest BCUT2D eigenvalue weighted by Gasteiger charge is -2.17. The lowest BCUT2D eigenvalue weighted by molar-refractivity contribution is 0.165. The van der Waals surface area contributed by atoms with E-state index in [0.717, 1.165) is 25.5 Å². The molecule has 0 aromatic heterocycles. The van der Waals surface area contributed by atoms with Gasteiger partial charge in [-0.25, -0.2) is 12.8 Å². The van der Waals surface area contributed by atoms with Gasteiger partial charge in [-0.15, -0.1) is 0 Å². The number of halogens is 1. The minimum absolute atomic E-state index is 0.0216. The van der Waals surface area contributed by atoms with Crippen molar-refractivity contribution in [2.24, 2.45) is 11.8 Å².